The summed E-state index contributed by atoms with van der Waals surface area (Å²) in [5.41, 5.74) is 0. The summed E-state index contributed by atoms with van der Waals surface area (Å²) in [7, 11) is 0. The lowest BCUT2D eigenvalue weighted by atomic mass is 9.86. The van der Waals surface area contributed by atoms with E-state index in [2.05, 4.69) is 11.3 Å². The Morgan fingerprint density at radius 3 is 2.25 bits per heavy atom. The smallest absolute Gasteiger partial charge is 0.251 e. The van der Waals surface area contributed by atoms with Crippen LogP contribution in [0.2, 0.25) is 0 Å². The van der Waals surface area contributed by atoms with Crippen LogP contribution in [0, 0.1) is 6.42 Å². The summed E-state index contributed by atoms with van der Waals surface area (Å²) >= 11 is 0. The Morgan fingerprint density at radius 1 is 1.17 bits per heavy atom. The van der Waals surface area contributed by atoms with Crippen LogP contribution in [0.3, 0.4) is 0 Å². The van der Waals surface area contributed by atoms with E-state index >= 15 is 0 Å². The first-order valence-corrected chi connectivity index (χ1v) is 4.61. The largest absolute Gasteiger partial charge is 0.300 e. The van der Waals surface area contributed by atoms with E-state index in [4.69, 9.17) is 0 Å². The molecule has 1 aliphatic heterocycles. The fourth-order valence-electron chi connectivity index (χ4n) is 2.02. The van der Waals surface area contributed by atoms with Crippen molar-refractivity contribution in [3.05, 3.63) is 6.42 Å². The van der Waals surface area contributed by atoms with E-state index in [0.29, 0.717) is 0 Å². The molecule has 1 saturated heterocycles. The van der Waals surface area contributed by atoms with Gasteiger partial charge >= 0.3 is 0 Å². The maximum Gasteiger partial charge on any atom is 0.251 e. The zero-order valence-corrected chi connectivity index (χ0v) is 7.10. The van der Waals surface area contributed by atoms with Crippen molar-refractivity contribution in [2.75, 3.05) is 13.1 Å². The van der Waals surface area contributed by atoms with Crippen molar-refractivity contribution in [1.29, 1.82) is 0 Å². The maximum atomic E-state index is 12.5. The molecule has 1 saturated carbocycles. The van der Waals surface area contributed by atoms with Crippen molar-refractivity contribution < 1.29 is 8.78 Å². The lowest BCUT2D eigenvalue weighted by Crippen LogP contribution is -2.52. The first-order valence-electron chi connectivity index (χ1n) is 4.61. The predicted octanol–water partition coefficient (Wildman–Crippen LogP) is 2.08. The van der Waals surface area contributed by atoms with Crippen LogP contribution in [0.15, 0.2) is 0 Å². The van der Waals surface area contributed by atoms with Crippen molar-refractivity contribution in [1.82, 2.24) is 4.90 Å². The van der Waals surface area contributed by atoms with Crippen molar-refractivity contribution in [2.45, 2.75) is 37.6 Å². The Bertz CT molecular complexity index is 156. The van der Waals surface area contributed by atoms with Crippen LogP contribution < -0.4 is 0 Å². The molecule has 12 heavy (non-hydrogen) atoms. The van der Waals surface area contributed by atoms with Crippen LogP contribution >= 0.6 is 0 Å². The molecular weight excluding hydrogens is 160 g/mol. The predicted molar refractivity (Wildman–Crippen MR) is 43.1 cm³/mol. The molecule has 0 bridgehead atoms. The Hall–Kier alpha value is -0.180. The Labute approximate surface area is 71.7 Å². The average Bonchev–Trinajstić information content (AvgIpc) is 2.02. The van der Waals surface area contributed by atoms with Gasteiger partial charge in [-0.2, -0.15) is 0 Å². The van der Waals surface area contributed by atoms with Gasteiger partial charge in [-0.05, 0) is 32.4 Å². The second-order valence-corrected chi connectivity index (χ2v) is 3.82. The second-order valence-electron chi connectivity index (χ2n) is 3.82. The van der Waals surface area contributed by atoms with E-state index in [9.17, 15) is 8.78 Å². The number of halogens is 2. The van der Waals surface area contributed by atoms with Crippen molar-refractivity contribution >= 4 is 0 Å². The fraction of sp³-hybridized carbons (Fsp3) is 0.889. The summed E-state index contributed by atoms with van der Waals surface area (Å²) in [6.45, 7) is 1.97. The van der Waals surface area contributed by atoms with Gasteiger partial charge in [0.05, 0.1) is 0 Å². The minimum Gasteiger partial charge on any atom is -0.300 e. The van der Waals surface area contributed by atoms with Gasteiger partial charge in [0.1, 0.15) is 0 Å². The third-order valence-corrected chi connectivity index (χ3v) is 2.83. The quantitative estimate of drug-likeness (QED) is 0.588. The first-order chi connectivity index (χ1) is 5.67. The number of nitrogens with zero attached hydrogens (tertiary/aromatic N) is 1. The van der Waals surface area contributed by atoms with Gasteiger partial charge in [0, 0.05) is 18.9 Å². The molecule has 0 spiro atoms. The topological polar surface area (TPSA) is 3.24 Å². The van der Waals surface area contributed by atoms with Gasteiger partial charge in [-0.25, -0.2) is 8.78 Å². The number of hydrogen-bond acceptors (Lipinski definition) is 1. The standard InChI is InChI=1S/C9H14F2N/c10-9(11)6-8(7-9)12-4-2-1-3-5-12/h1,8H,2-7H2. The maximum absolute atomic E-state index is 12.5. The van der Waals surface area contributed by atoms with Crippen LogP contribution in [0.5, 0.6) is 0 Å². The van der Waals surface area contributed by atoms with E-state index < -0.39 is 5.92 Å². The third kappa shape index (κ3) is 1.60. The molecule has 1 heterocycles. The van der Waals surface area contributed by atoms with Gasteiger partial charge < -0.3 is 0 Å². The normalized spacial score (nSPS) is 31.5. The van der Waals surface area contributed by atoms with E-state index in [1.165, 1.54) is 0 Å². The Balaban J connectivity index is 1.79. The van der Waals surface area contributed by atoms with Gasteiger partial charge in [0.2, 0.25) is 0 Å². The average molecular weight is 174 g/mol. The van der Waals surface area contributed by atoms with Crippen LogP contribution in [0.4, 0.5) is 8.78 Å². The molecule has 0 aromatic carbocycles. The van der Waals surface area contributed by atoms with Gasteiger partial charge in [-0.15, -0.1) is 0 Å². The second kappa shape index (κ2) is 2.95. The summed E-state index contributed by atoms with van der Waals surface area (Å²) in [6, 6.07) is 0.175. The zero-order chi connectivity index (χ0) is 8.60. The molecule has 0 aromatic rings. The van der Waals surface area contributed by atoms with Crippen LogP contribution in [-0.2, 0) is 0 Å². The first kappa shape index (κ1) is 8.42. The summed E-state index contributed by atoms with van der Waals surface area (Å²) in [5.74, 6) is -2.36. The molecule has 0 N–H and O–H groups in total. The highest BCUT2D eigenvalue weighted by atomic mass is 19.3. The van der Waals surface area contributed by atoms with Crippen LogP contribution in [-0.4, -0.2) is 30.0 Å². The molecule has 0 unspecified atom stereocenters. The van der Waals surface area contributed by atoms with E-state index in [0.717, 1.165) is 25.9 Å². The van der Waals surface area contributed by atoms with E-state index in [-0.39, 0.29) is 18.9 Å². The molecular formula is C9H14F2N. The SMILES string of the molecule is FC1(F)CC(N2CC[CH]CC2)C1. The van der Waals surface area contributed by atoms with Gasteiger partial charge in [-0.3, -0.25) is 4.90 Å². The summed E-state index contributed by atoms with van der Waals surface area (Å²) in [6.07, 6.45) is 4.57. The highest BCUT2D eigenvalue weighted by Gasteiger charge is 2.47. The molecule has 2 fully saturated rings. The summed E-state index contributed by atoms with van der Waals surface area (Å²) in [4.78, 5) is 2.21. The van der Waals surface area contributed by atoms with Crippen molar-refractivity contribution in [3.63, 3.8) is 0 Å². The number of hydrogen-bond donors (Lipinski definition) is 0. The molecule has 1 nitrogen and oxygen atoms in total. The lowest BCUT2D eigenvalue weighted by Gasteiger charge is -2.44. The highest BCUT2D eigenvalue weighted by molar-refractivity contribution is 4.94. The Kier molecular flexibility index (Phi) is 2.07. The molecule has 0 amide bonds. The fourth-order valence-corrected chi connectivity index (χ4v) is 2.02. The molecule has 1 radical (unpaired) electrons. The molecule has 0 aromatic heterocycles. The van der Waals surface area contributed by atoms with E-state index in [1.807, 2.05) is 0 Å². The highest BCUT2D eigenvalue weighted by Crippen LogP contribution is 2.40. The van der Waals surface area contributed by atoms with E-state index in [1.54, 1.807) is 0 Å². The zero-order valence-electron chi connectivity index (χ0n) is 7.10. The summed E-state index contributed by atoms with van der Waals surface area (Å²) in [5, 5.41) is 0. The molecule has 0 atom stereocenters. The third-order valence-electron chi connectivity index (χ3n) is 2.83. The number of piperidine rings is 1. The van der Waals surface area contributed by atoms with Gasteiger partial charge in [0.25, 0.3) is 5.92 Å². The summed E-state index contributed by atoms with van der Waals surface area (Å²) < 4.78 is 25.0. The number of rotatable bonds is 1. The monoisotopic (exact) mass is 174 g/mol. The molecule has 69 valence electrons. The van der Waals surface area contributed by atoms with Crippen LogP contribution in [0.1, 0.15) is 25.7 Å². The van der Waals surface area contributed by atoms with Crippen molar-refractivity contribution in [3.8, 4) is 0 Å². The minimum absolute atomic E-state index is 0.0903. The number of alkyl halides is 2. The Morgan fingerprint density at radius 2 is 1.75 bits per heavy atom. The molecule has 3 heteroatoms. The van der Waals surface area contributed by atoms with Gasteiger partial charge in [-0.1, -0.05) is 0 Å². The molecule has 1 aliphatic carbocycles. The number of likely N-dealkylation sites (tertiary alicyclic amines) is 1. The van der Waals surface area contributed by atoms with Crippen LogP contribution in [0.25, 0.3) is 0 Å². The van der Waals surface area contributed by atoms with Crippen molar-refractivity contribution in [2.24, 2.45) is 0 Å². The van der Waals surface area contributed by atoms with Gasteiger partial charge in [0.15, 0.2) is 0 Å². The molecule has 2 aliphatic rings. The minimum atomic E-state index is -2.36. The lowest BCUT2D eigenvalue weighted by molar-refractivity contribution is -0.125. The molecule has 2 rings (SSSR count).